The summed E-state index contributed by atoms with van der Waals surface area (Å²) < 4.78 is 29.6. The van der Waals surface area contributed by atoms with Crippen LogP contribution in [0.5, 0.6) is 0 Å². The van der Waals surface area contributed by atoms with E-state index >= 15 is 0 Å². The number of carbonyl (C=O) groups excluding carboxylic acids is 1. The Labute approximate surface area is 192 Å². The Morgan fingerprint density at radius 1 is 1.22 bits per heavy atom. The number of hydrogen-bond donors (Lipinski definition) is 1. The normalized spacial score (nSPS) is 15.9. The molecule has 0 aliphatic carbocycles. The minimum Gasteiger partial charge on any atom is -0.347 e. The molecule has 1 fully saturated rings. The van der Waals surface area contributed by atoms with Gasteiger partial charge in [0.05, 0.1) is 11.0 Å². The van der Waals surface area contributed by atoms with Crippen molar-refractivity contribution in [1.82, 2.24) is 24.2 Å². The van der Waals surface area contributed by atoms with Crippen LogP contribution >= 0.6 is 11.6 Å². The van der Waals surface area contributed by atoms with E-state index < -0.39 is 10.0 Å². The van der Waals surface area contributed by atoms with Crippen LogP contribution in [-0.2, 0) is 23.6 Å². The number of piperidine rings is 1. The smallest absolute Gasteiger partial charge is 0.268 e. The molecule has 0 atom stereocenters. The van der Waals surface area contributed by atoms with Gasteiger partial charge in [-0.05, 0) is 43.9 Å². The predicted molar refractivity (Wildman–Crippen MR) is 123 cm³/mol. The number of fused-ring (bicyclic) bond motifs is 1. The van der Waals surface area contributed by atoms with Crippen molar-refractivity contribution in [3.8, 4) is 0 Å². The molecular weight excluding hydrogens is 450 g/mol. The molecule has 0 radical (unpaired) electrons. The Kier molecular flexibility index (Phi) is 6.24. The molecule has 10 heteroatoms. The van der Waals surface area contributed by atoms with Crippen LogP contribution in [0.1, 0.15) is 41.5 Å². The van der Waals surface area contributed by atoms with Gasteiger partial charge in [-0.2, -0.15) is 4.31 Å². The number of aromatic nitrogens is 3. The second kappa shape index (κ2) is 8.80. The van der Waals surface area contributed by atoms with E-state index in [2.05, 4.69) is 22.2 Å². The summed E-state index contributed by atoms with van der Waals surface area (Å²) in [4.78, 5) is 21.7. The van der Waals surface area contributed by atoms with Gasteiger partial charge in [-0.15, -0.1) is 0 Å². The third-order valence-corrected chi connectivity index (χ3v) is 8.56. The zero-order valence-corrected chi connectivity index (χ0v) is 19.9. The number of rotatable bonds is 5. The summed E-state index contributed by atoms with van der Waals surface area (Å²) in [6.07, 6.45) is 4.85. The van der Waals surface area contributed by atoms with E-state index in [1.165, 1.54) is 10.4 Å². The summed E-state index contributed by atoms with van der Waals surface area (Å²) in [5.41, 5.74) is 2.76. The van der Waals surface area contributed by atoms with Gasteiger partial charge in [-0.25, -0.2) is 8.42 Å². The van der Waals surface area contributed by atoms with Crippen LogP contribution < -0.4 is 5.32 Å². The van der Waals surface area contributed by atoms with Gasteiger partial charge in [0.2, 0.25) is 10.0 Å². The number of nitrogens with one attached hydrogen (secondary N) is 1. The van der Waals surface area contributed by atoms with Crippen molar-refractivity contribution in [2.75, 3.05) is 13.1 Å². The average Bonchev–Trinajstić information content (AvgIpc) is 3.08. The fraction of sp³-hybridized carbons (Fsp3) is 0.409. The molecule has 0 bridgehead atoms. The summed E-state index contributed by atoms with van der Waals surface area (Å²) in [5.74, 6) is 0.131. The Bertz CT molecular complexity index is 1280. The molecule has 8 nitrogen and oxygen atoms in total. The fourth-order valence-corrected chi connectivity index (χ4v) is 5.97. The topological polar surface area (TPSA) is 97.2 Å². The minimum absolute atomic E-state index is 0.143. The number of carbonyl (C=O) groups is 1. The van der Waals surface area contributed by atoms with Crippen molar-refractivity contribution in [2.45, 2.75) is 38.1 Å². The van der Waals surface area contributed by atoms with Crippen LogP contribution in [0.2, 0.25) is 5.02 Å². The van der Waals surface area contributed by atoms with E-state index in [1.54, 1.807) is 43.1 Å². The van der Waals surface area contributed by atoms with Crippen LogP contribution in [0.3, 0.4) is 0 Å². The highest BCUT2D eigenvalue weighted by Crippen LogP contribution is 2.28. The van der Waals surface area contributed by atoms with Gasteiger partial charge in [-0.1, -0.05) is 18.5 Å². The highest BCUT2D eigenvalue weighted by atomic mass is 35.5. The van der Waals surface area contributed by atoms with Crippen LogP contribution in [0.25, 0.3) is 11.0 Å². The highest BCUT2D eigenvalue weighted by Gasteiger charge is 2.32. The van der Waals surface area contributed by atoms with Gasteiger partial charge in [0.15, 0.2) is 0 Å². The summed E-state index contributed by atoms with van der Waals surface area (Å²) in [6, 6.07) is 4.95. The quantitative estimate of drug-likeness (QED) is 0.610. The molecule has 1 N–H and O–H groups in total. The molecule has 0 spiro atoms. The van der Waals surface area contributed by atoms with Crippen molar-refractivity contribution in [3.05, 3.63) is 52.6 Å². The monoisotopic (exact) mass is 475 g/mol. The summed E-state index contributed by atoms with van der Waals surface area (Å²) in [6.45, 7) is 4.99. The third kappa shape index (κ3) is 4.12. The lowest BCUT2D eigenvalue weighted by atomic mass is 10.0. The van der Waals surface area contributed by atoms with Gasteiger partial charge in [0.1, 0.15) is 10.6 Å². The first-order valence-electron chi connectivity index (χ1n) is 10.5. The third-order valence-electron chi connectivity index (χ3n) is 6.20. The van der Waals surface area contributed by atoms with Gasteiger partial charge in [0.25, 0.3) is 5.91 Å². The van der Waals surface area contributed by atoms with Crippen LogP contribution in [0.15, 0.2) is 35.5 Å². The molecule has 4 rings (SSSR count). The molecule has 2 aromatic heterocycles. The first kappa shape index (κ1) is 22.7. The zero-order chi connectivity index (χ0) is 23.0. The maximum absolute atomic E-state index is 13.2. The fourth-order valence-electron chi connectivity index (χ4n) is 4.01. The molecule has 170 valence electrons. The molecule has 1 saturated heterocycles. The molecule has 0 unspecified atom stereocenters. The largest absolute Gasteiger partial charge is 0.347 e. The Hall–Kier alpha value is -2.49. The van der Waals surface area contributed by atoms with Crippen molar-refractivity contribution in [3.63, 3.8) is 0 Å². The molecule has 1 amide bonds. The molecule has 0 saturated carbocycles. The van der Waals surface area contributed by atoms with E-state index in [0.29, 0.717) is 46.3 Å². The Morgan fingerprint density at radius 3 is 2.62 bits per heavy atom. The average molecular weight is 476 g/mol. The second-order valence-electron chi connectivity index (χ2n) is 8.26. The summed E-state index contributed by atoms with van der Waals surface area (Å²) >= 11 is 6.34. The number of halogens is 1. The molecule has 1 aliphatic rings. The maximum atomic E-state index is 13.2. The van der Waals surface area contributed by atoms with Gasteiger partial charge >= 0.3 is 0 Å². The SMILES string of the molecule is Cc1c(S(=O)(=O)N2CCC(C)CC2)cc(C(=O)NCc2c(Cl)ccc3nccnc23)n1C. The summed E-state index contributed by atoms with van der Waals surface area (Å²) in [7, 11) is -1.97. The van der Waals surface area contributed by atoms with Crippen LogP contribution in [-0.4, -0.2) is 46.3 Å². The van der Waals surface area contributed by atoms with Gasteiger partial charge in [0, 0.05) is 55.4 Å². The number of benzene rings is 1. The van der Waals surface area contributed by atoms with Crippen molar-refractivity contribution in [1.29, 1.82) is 0 Å². The van der Waals surface area contributed by atoms with E-state index in [-0.39, 0.29) is 23.0 Å². The standard InChI is InChI=1S/C22H26ClN5O3S/c1-14-6-10-28(11-7-14)32(30,31)20-12-19(27(3)15(20)2)22(29)26-13-16-17(23)4-5-18-21(16)25-9-8-24-18/h4-5,8-9,12,14H,6-7,10-11,13H2,1-3H3,(H,26,29). The van der Waals surface area contributed by atoms with E-state index in [1.807, 2.05) is 0 Å². The van der Waals surface area contributed by atoms with E-state index in [9.17, 15) is 13.2 Å². The lowest BCUT2D eigenvalue weighted by Gasteiger charge is -2.29. The Balaban J connectivity index is 1.58. The van der Waals surface area contributed by atoms with Crippen LogP contribution in [0, 0.1) is 12.8 Å². The van der Waals surface area contributed by atoms with Crippen molar-refractivity contribution >= 4 is 38.6 Å². The number of amides is 1. The van der Waals surface area contributed by atoms with E-state index in [4.69, 9.17) is 11.6 Å². The number of hydrogen-bond acceptors (Lipinski definition) is 5. The molecular formula is C22H26ClN5O3S. The number of sulfonamides is 1. The van der Waals surface area contributed by atoms with Gasteiger partial charge < -0.3 is 9.88 Å². The lowest BCUT2D eigenvalue weighted by Crippen LogP contribution is -2.38. The first-order chi connectivity index (χ1) is 15.2. The van der Waals surface area contributed by atoms with Crippen molar-refractivity contribution in [2.24, 2.45) is 13.0 Å². The summed E-state index contributed by atoms with van der Waals surface area (Å²) in [5, 5.41) is 3.32. The van der Waals surface area contributed by atoms with Gasteiger partial charge in [-0.3, -0.25) is 14.8 Å². The van der Waals surface area contributed by atoms with Crippen molar-refractivity contribution < 1.29 is 13.2 Å². The zero-order valence-electron chi connectivity index (χ0n) is 18.3. The predicted octanol–water partition coefficient (Wildman–Crippen LogP) is 3.28. The first-order valence-corrected chi connectivity index (χ1v) is 12.3. The maximum Gasteiger partial charge on any atom is 0.268 e. The molecule has 3 heterocycles. The minimum atomic E-state index is -3.66. The van der Waals surface area contributed by atoms with Crippen LogP contribution in [0.4, 0.5) is 0 Å². The molecule has 3 aromatic rings. The molecule has 1 aliphatic heterocycles. The number of nitrogens with zero attached hydrogens (tertiary/aromatic N) is 4. The Morgan fingerprint density at radius 2 is 1.91 bits per heavy atom. The molecule has 1 aromatic carbocycles. The molecule has 32 heavy (non-hydrogen) atoms. The van der Waals surface area contributed by atoms with E-state index in [0.717, 1.165) is 12.8 Å². The second-order valence-corrected chi connectivity index (χ2v) is 10.6. The lowest BCUT2D eigenvalue weighted by molar-refractivity contribution is 0.0942. The highest BCUT2D eigenvalue weighted by molar-refractivity contribution is 7.89.